The van der Waals surface area contributed by atoms with Crippen molar-refractivity contribution in [3.8, 4) is 0 Å². The lowest BCUT2D eigenvalue weighted by Crippen LogP contribution is -2.45. The Labute approximate surface area is 125 Å². The number of nitrogens with one attached hydrogen (secondary N) is 1. The van der Waals surface area contributed by atoms with Crippen molar-refractivity contribution < 1.29 is 19.1 Å². The monoisotopic (exact) mass is 296 g/mol. The summed E-state index contributed by atoms with van der Waals surface area (Å²) in [5, 5.41) is 3.20. The minimum atomic E-state index is -0.500. The first-order valence-corrected chi connectivity index (χ1v) is 7.12. The number of ether oxygens (including phenoxy) is 2. The highest BCUT2D eigenvalue weighted by molar-refractivity contribution is 5.92. The van der Waals surface area contributed by atoms with Crippen molar-refractivity contribution >= 4 is 12.1 Å². The molecule has 1 amide bonds. The van der Waals surface area contributed by atoms with Gasteiger partial charge in [0.25, 0.3) is 0 Å². The first-order valence-electron chi connectivity index (χ1n) is 7.12. The van der Waals surface area contributed by atoms with E-state index in [9.17, 15) is 9.59 Å². The molecular weight excluding hydrogens is 272 g/mol. The van der Waals surface area contributed by atoms with Crippen molar-refractivity contribution in [2.24, 2.45) is 11.8 Å². The van der Waals surface area contributed by atoms with Crippen LogP contribution < -0.4 is 5.32 Å². The van der Waals surface area contributed by atoms with Gasteiger partial charge in [0.05, 0.1) is 18.2 Å². The van der Waals surface area contributed by atoms with Gasteiger partial charge in [-0.05, 0) is 27.8 Å². The number of hydrogen-bond acceptors (Lipinski definition) is 5. The van der Waals surface area contributed by atoms with E-state index >= 15 is 0 Å². The van der Waals surface area contributed by atoms with E-state index in [4.69, 9.17) is 9.47 Å². The van der Waals surface area contributed by atoms with Crippen LogP contribution >= 0.6 is 0 Å². The number of likely N-dealkylation sites (N-methyl/N-ethyl adjacent to an activating group) is 1. The Morgan fingerprint density at radius 1 is 1.29 bits per heavy atom. The van der Waals surface area contributed by atoms with E-state index in [-0.39, 0.29) is 17.9 Å². The second-order valence-electron chi connectivity index (χ2n) is 6.69. The lowest BCUT2D eigenvalue weighted by Gasteiger charge is -2.29. The summed E-state index contributed by atoms with van der Waals surface area (Å²) in [6.45, 7) is 10.5. The molecule has 6 heteroatoms. The van der Waals surface area contributed by atoms with E-state index in [0.717, 1.165) is 0 Å². The van der Waals surface area contributed by atoms with Gasteiger partial charge < -0.3 is 19.7 Å². The molecule has 1 heterocycles. The summed E-state index contributed by atoms with van der Waals surface area (Å²) in [5.74, 6) is -0.0363. The number of piperidine rings is 1. The molecule has 0 bridgehead atoms. The molecule has 0 radical (unpaired) electrons. The molecule has 1 saturated carbocycles. The van der Waals surface area contributed by atoms with Gasteiger partial charge in [-0.1, -0.05) is 6.58 Å². The van der Waals surface area contributed by atoms with Gasteiger partial charge in [0.2, 0.25) is 0 Å². The summed E-state index contributed by atoms with van der Waals surface area (Å²) in [7, 11) is 3.16. The van der Waals surface area contributed by atoms with Gasteiger partial charge in [-0.25, -0.2) is 9.59 Å². The fraction of sp³-hybridized carbons (Fsp3) is 0.733. The van der Waals surface area contributed by atoms with E-state index in [1.807, 2.05) is 27.8 Å². The first kappa shape index (κ1) is 15.8. The zero-order chi connectivity index (χ0) is 16.0. The average Bonchev–Trinajstić information content (AvgIpc) is 2.78. The quantitative estimate of drug-likeness (QED) is 0.625. The van der Waals surface area contributed by atoms with Crippen LogP contribution in [0, 0.1) is 11.8 Å². The number of hydrogen-bond donors (Lipinski definition) is 1. The molecule has 0 aromatic heterocycles. The van der Waals surface area contributed by atoms with E-state index in [1.54, 1.807) is 4.90 Å². The van der Waals surface area contributed by atoms with Gasteiger partial charge >= 0.3 is 12.1 Å². The smallest absolute Gasteiger partial charge is 0.410 e. The summed E-state index contributed by atoms with van der Waals surface area (Å²) in [5.41, 5.74) is -0.503. The zero-order valence-corrected chi connectivity index (χ0v) is 13.4. The highest BCUT2D eigenvalue weighted by Crippen LogP contribution is 2.58. The number of likely N-dealkylation sites (tertiary alicyclic amines) is 1. The molecule has 2 fully saturated rings. The van der Waals surface area contributed by atoms with Gasteiger partial charge in [-0.15, -0.1) is 0 Å². The van der Waals surface area contributed by atoms with E-state index in [2.05, 4.69) is 11.9 Å². The second-order valence-corrected chi connectivity index (χ2v) is 6.69. The molecular formula is C15H24N2O4. The van der Waals surface area contributed by atoms with Crippen LogP contribution in [0.2, 0.25) is 0 Å². The maximum absolute atomic E-state index is 12.1. The SMILES string of the molecule is C=C(C(=O)OC)C1(NC)C2CN(C(=O)OC(C)(C)C)C[C@@H]21. The molecule has 0 aromatic rings. The van der Waals surface area contributed by atoms with Crippen molar-refractivity contribution in [2.45, 2.75) is 31.9 Å². The third-order valence-corrected chi connectivity index (χ3v) is 4.38. The first-order chi connectivity index (χ1) is 9.67. The van der Waals surface area contributed by atoms with Crippen LogP contribution in [-0.2, 0) is 14.3 Å². The minimum Gasteiger partial charge on any atom is -0.466 e. The number of carbonyl (C=O) groups is 2. The van der Waals surface area contributed by atoms with Gasteiger partial charge in [-0.2, -0.15) is 0 Å². The van der Waals surface area contributed by atoms with Crippen molar-refractivity contribution in [2.75, 3.05) is 27.2 Å². The number of rotatable bonds is 3. The van der Waals surface area contributed by atoms with Gasteiger partial charge in [0.1, 0.15) is 5.60 Å². The fourth-order valence-corrected chi connectivity index (χ4v) is 3.37. The second kappa shape index (κ2) is 5.02. The maximum atomic E-state index is 12.1. The Bertz CT molecular complexity index is 469. The number of amides is 1. The Hall–Kier alpha value is -1.56. The predicted octanol–water partition coefficient (Wildman–Crippen LogP) is 1.17. The molecule has 1 N–H and O–H groups in total. The number of nitrogens with zero attached hydrogens (tertiary/aromatic N) is 1. The molecule has 2 unspecified atom stereocenters. The normalized spacial score (nSPS) is 30.6. The van der Waals surface area contributed by atoms with Gasteiger partial charge in [0.15, 0.2) is 0 Å². The van der Waals surface area contributed by atoms with Crippen molar-refractivity contribution in [1.29, 1.82) is 0 Å². The molecule has 2 aliphatic rings. The third-order valence-electron chi connectivity index (χ3n) is 4.38. The van der Waals surface area contributed by atoms with E-state index < -0.39 is 17.1 Å². The minimum absolute atomic E-state index is 0.182. The molecule has 2 rings (SSSR count). The lowest BCUT2D eigenvalue weighted by molar-refractivity contribution is -0.136. The van der Waals surface area contributed by atoms with Crippen LogP contribution in [0.5, 0.6) is 0 Å². The molecule has 0 spiro atoms. The van der Waals surface area contributed by atoms with Crippen LogP contribution in [0.3, 0.4) is 0 Å². The number of esters is 1. The Kier molecular flexibility index (Phi) is 3.78. The standard InChI is InChI=1S/C15H24N2O4/c1-9(12(18)20-6)15(16-5)10-7-17(8-11(10)15)13(19)21-14(2,3)4/h10-11,16H,1,7-8H2,2-6H3/t10-,11?,15?/m0/s1. The van der Waals surface area contributed by atoms with Crippen molar-refractivity contribution in [1.82, 2.24) is 10.2 Å². The molecule has 6 nitrogen and oxygen atoms in total. The zero-order valence-electron chi connectivity index (χ0n) is 13.4. The Balaban J connectivity index is 2.01. The molecule has 21 heavy (non-hydrogen) atoms. The largest absolute Gasteiger partial charge is 0.466 e. The van der Waals surface area contributed by atoms with Crippen LogP contribution in [0.4, 0.5) is 4.79 Å². The number of carbonyl (C=O) groups excluding carboxylic acids is 2. The highest BCUT2D eigenvalue weighted by Gasteiger charge is 2.71. The Morgan fingerprint density at radius 3 is 2.19 bits per heavy atom. The van der Waals surface area contributed by atoms with Gasteiger partial charge in [-0.3, -0.25) is 0 Å². The summed E-state index contributed by atoms with van der Waals surface area (Å²) < 4.78 is 10.1. The van der Waals surface area contributed by atoms with Crippen LogP contribution in [0.15, 0.2) is 12.2 Å². The highest BCUT2D eigenvalue weighted by atomic mass is 16.6. The number of fused-ring (bicyclic) bond motifs is 1. The average molecular weight is 296 g/mol. The number of methoxy groups -OCH3 is 1. The van der Waals surface area contributed by atoms with Crippen LogP contribution in [0.1, 0.15) is 20.8 Å². The molecule has 0 aromatic carbocycles. The third kappa shape index (κ3) is 2.52. The molecule has 1 aliphatic heterocycles. The van der Waals surface area contributed by atoms with Crippen LogP contribution in [0.25, 0.3) is 0 Å². The summed E-state index contributed by atoms with van der Waals surface area (Å²) in [6, 6.07) is 0. The van der Waals surface area contributed by atoms with E-state index in [0.29, 0.717) is 18.7 Å². The molecule has 1 saturated heterocycles. The maximum Gasteiger partial charge on any atom is 0.410 e. The predicted molar refractivity (Wildman–Crippen MR) is 77.7 cm³/mol. The van der Waals surface area contributed by atoms with Gasteiger partial charge in [0, 0.05) is 24.9 Å². The topological polar surface area (TPSA) is 67.9 Å². The van der Waals surface area contributed by atoms with Crippen molar-refractivity contribution in [3.05, 3.63) is 12.2 Å². The summed E-state index contributed by atoms with van der Waals surface area (Å²) in [6.07, 6.45) is -0.302. The molecule has 1 aliphatic carbocycles. The van der Waals surface area contributed by atoms with E-state index in [1.165, 1.54) is 7.11 Å². The Morgan fingerprint density at radius 2 is 1.81 bits per heavy atom. The summed E-state index contributed by atoms with van der Waals surface area (Å²) >= 11 is 0. The summed E-state index contributed by atoms with van der Waals surface area (Å²) in [4.78, 5) is 25.5. The van der Waals surface area contributed by atoms with Crippen molar-refractivity contribution in [3.63, 3.8) is 0 Å². The molecule has 118 valence electrons. The fourth-order valence-electron chi connectivity index (χ4n) is 3.37. The lowest BCUT2D eigenvalue weighted by atomic mass is 10.0. The van der Waals surface area contributed by atoms with Crippen LogP contribution in [-0.4, -0.2) is 55.3 Å². The molecule has 3 atom stereocenters.